The standard InChI is InChI=1S/C11H11Cl2N3/c1-2-11(16-10(13)7-14)15-9-5-3-8(12)4-6-9/h2-7H,1,14H2,(H,15,16)/b10-7-. The predicted molar refractivity (Wildman–Crippen MR) is 70.0 cm³/mol. The average molecular weight is 256 g/mol. The molecule has 0 aliphatic rings. The van der Waals surface area contributed by atoms with Gasteiger partial charge >= 0.3 is 0 Å². The molecule has 1 aromatic rings. The Morgan fingerprint density at radius 2 is 2.00 bits per heavy atom. The minimum atomic E-state index is 0.285. The van der Waals surface area contributed by atoms with Gasteiger partial charge in [0.2, 0.25) is 0 Å². The van der Waals surface area contributed by atoms with Crippen molar-refractivity contribution < 1.29 is 0 Å². The van der Waals surface area contributed by atoms with Gasteiger partial charge in [0.1, 0.15) is 11.0 Å². The molecule has 0 unspecified atom stereocenters. The van der Waals surface area contributed by atoms with Crippen molar-refractivity contribution in [2.24, 2.45) is 10.7 Å². The Morgan fingerprint density at radius 1 is 1.38 bits per heavy atom. The first-order valence-corrected chi connectivity index (χ1v) is 5.22. The lowest BCUT2D eigenvalue weighted by Gasteiger charge is -2.03. The van der Waals surface area contributed by atoms with Gasteiger partial charge in [-0.1, -0.05) is 29.8 Å². The molecule has 0 amide bonds. The molecule has 1 aromatic carbocycles. The summed E-state index contributed by atoms with van der Waals surface area (Å²) >= 11 is 11.5. The van der Waals surface area contributed by atoms with E-state index in [9.17, 15) is 0 Å². The predicted octanol–water partition coefficient (Wildman–Crippen LogP) is 3.14. The van der Waals surface area contributed by atoms with Gasteiger partial charge in [-0.05, 0) is 30.3 Å². The first-order chi connectivity index (χ1) is 7.65. The van der Waals surface area contributed by atoms with E-state index in [2.05, 4.69) is 16.9 Å². The normalized spacial score (nSPS) is 12.4. The fraction of sp³-hybridized carbons (Fsp3) is 0. The van der Waals surface area contributed by atoms with Gasteiger partial charge < -0.3 is 11.1 Å². The van der Waals surface area contributed by atoms with Gasteiger partial charge in [0.05, 0.1) is 5.69 Å². The fourth-order valence-electron chi connectivity index (χ4n) is 0.943. The number of nitrogens with one attached hydrogen (secondary N) is 1. The van der Waals surface area contributed by atoms with E-state index in [1.807, 2.05) is 0 Å². The zero-order chi connectivity index (χ0) is 12.0. The van der Waals surface area contributed by atoms with Crippen molar-refractivity contribution in [1.82, 2.24) is 5.32 Å². The minimum Gasteiger partial charge on any atom is -0.402 e. The van der Waals surface area contributed by atoms with Crippen LogP contribution in [-0.2, 0) is 0 Å². The molecular formula is C11H11Cl2N3. The lowest BCUT2D eigenvalue weighted by atomic mass is 10.3. The van der Waals surface area contributed by atoms with Crippen LogP contribution in [0.5, 0.6) is 0 Å². The number of nitrogens with zero attached hydrogens (tertiary/aromatic N) is 1. The zero-order valence-electron chi connectivity index (χ0n) is 8.45. The van der Waals surface area contributed by atoms with E-state index in [0.29, 0.717) is 10.9 Å². The molecule has 3 N–H and O–H groups in total. The van der Waals surface area contributed by atoms with Crippen molar-refractivity contribution in [3.05, 3.63) is 53.3 Å². The summed E-state index contributed by atoms with van der Waals surface area (Å²) in [4.78, 5) is 4.25. The second kappa shape index (κ2) is 6.20. The van der Waals surface area contributed by atoms with E-state index < -0.39 is 0 Å². The van der Waals surface area contributed by atoms with Crippen molar-refractivity contribution in [2.75, 3.05) is 0 Å². The molecule has 0 aliphatic heterocycles. The smallest absolute Gasteiger partial charge is 0.131 e. The van der Waals surface area contributed by atoms with Crippen LogP contribution >= 0.6 is 23.2 Å². The number of rotatable bonds is 3. The summed E-state index contributed by atoms with van der Waals surface area (Å²) in [6.45, 7) is 3.62. The van der Waals surface area contributed by atoms with E-state index in [4.69, 9.17) is 28.9 Å². The molecule has 0 spiro atoms. The van der Waals surface area contributed by atoms with Crippen LogP contribution in [0.1, 0.15) is 0 Å². The van der Waals surface area contributed by atoms with Crippen LogP contribution in [0.25, 0.3) is 0 Å². The minimum absolute atomic E-state index is 0.285. The molecule has 0 heterocycles. The van der Waals surface area contributed by atoms with E-state index in [1.165, 1.54) is 6.20 Å². The number of halogens is 2. The van der Waals surface area contributed by atoms with Gasteiger partial charge in [0.15, 0.2) is 0 Å². The Hall–Kier alpha value is -1.45. The van der Waals surface area contributed by atoms with Gasteiger partial charge in [0.25, 0.3) is 0 Å². The Balaban J connectivity index is 2.87. The summed E-state index contributed by atoms with van der Waals surface area (Å²) < 4.78 is 0. The van der Waals surface area contributed by atoms with Crippen LogP contribution in [0, 0.1) is 0 Å². The third-order valence-corrected chi connectivity index (χ3v) is 2.14. The Kier molecular flexibility index (Phi) is 4.89. The van der Waals surface area contributed by atoms with E-state index >= 15 is 0 Å². The third-order valence-electron chi connectivity index (χ3n) is 1.66. The largest absolute Gasteiger partial charge is 0.402 e. The molecule has 84 valence electrons. The molecule has 3 nitrogen and oxygen atoms in total. The second-order valence-electron chi connectivity index (χ2n) is 2.82. The van der Waals surface area contributed by atoms with Crippen molar-refractivity contribution >= 4 is 34.7 Å². The van der Waals surface area contributed by atoms with Crippen LogP contribution in [0.4, 0.5) is 5.69 Å². The summed E-state index contributed by atoms with van der Waals surface area (Å²) in [6, 6.07) is 7.07. The topological polar surface area (TPSA) is 50.4 Å². The number of nitrogens with two attached hydrogens (primary N) is 1. The molecule has 0 aromatic heterocycles. The van der Waals surface area contributed by atoms with Crippen LogP contribution in [0.3, 0.4) is 0 Å². The first kappa shape index (κ1) is 12.6. The maximum Gasteiger partial charge on any atom is 0.131 e. The number of benzene rings is 1. The molecule has 1 rings (SSSR count). The summed E-state index contributed by atoms with van der Waals surface area (Å²) in [5.41, 5.74) is 5.97. The average Bonchev–Trinajstić information content (AvgIpc) is 2.30. The molecule has 0 radical (unpaired) electrons. The molecule has 0 bridgehead atoms. The highest BCUT2D eigenvalue weighted by molar-refractivity contribution is 6.31. The van der Waals surface area contributed by atoms with Crippen molar-refractivity contribution in [3.8, 4) is 0 Å². The summed E-state index contributed by atoms with van der Waals surface area (Å²) in [5.74, 6) is 0.508. The van der Waals surface area contributed by atoms with Crippen LogP contribution in [0.2, 0.25) is 5.02 Å². The number of hydrogen-bond acceptors (Lipinski definition) is 2. The highest BCUT2D eigenvalue weighted by atomic mass is 35.5. The van der Waals surface area contributed by atoms with Crippen LogP contribution in [-0.4, -0.2) is 5.84 Å². The summed E-state index contributed by atoms with van der Waals surface area (Å²) in [7, 11) is 0. The van der Waals surface area contributed by atoms with Crippen molar-refractivity contribution in [3.63, 3.8) is 0 Å². The maximum atomic E-state index is 5.76. The molecule has 0 saturated heterocycles. The van der Waals surface area contributed by atoms with Gasteiger partial charge in [-0.15, -0.1) is 0 Å². The maximum absolute atomic E-state index is 5.76. The van der Waals surface area contributed by atoms with Gasteiger partial charge in [-0.25, -0.2) is 4.99 Å². The van der Waals surface area contributed by atoms with Crippen molar-refractivity contribution in [2.45, 2.75) is 0 Å². The van der Waals surface area contributed by atoms with Gasteiger partial charge in [-0.3, -0.25) is 0 Å². The molecule has 0 saturated carbocycles. The lowest BCUT2D eigenvalue weighted by Crippen LogP contribution is -2.18. The Bertz CT molecular complexity index is 421. The van der Waals surface area contributed by atoms with Crippen LogP contribution < -0.4 is 11.1 Å². The van der Waals surface area contributed by atoms with Crippen LogP contribution in [0.15, 0.2) is 53.3 Å². The highest BCUT2D eigenvalue weighted by Gasteiger charge is 1.96. The molecule has 5 heteroatoms. The van der Waals surface area contributed by atoms with E-state index in [0.717, 1.165) is 5.69 Å². The monoisotopic (exact) mass is 255 g/mol. The SMILES string of the molecule is C=CC(=Nc1ccc(Cl)cc1)N/C(Cl)=C\N. The molecular weight excluding hydrogens is 245 g/mol. The molecule has 0 aliphatic carbocycles. The summed E-state index contributed by atoms with van der Waals surface area (Å²) in [5, 5.41) is 3.72. The molecule has 16 heavy (non-hydrogen) atoms. The Labute approximate surface area is 104 Å². The van der Waals surface area contributed by atoms with E-state index in [-0.39, 0.29) is 5.16 Å². The number of amidine groups is 1. The zero-order valence-corrected chi connectivity index (χ0v) is 9.96. The van der Waals surface area contributed by atoms with Gasteiger partial charge in [-0.2, -0.15) is 0 Å². The lowest BCUT2D eigenvalue weighted by molar-refractivity contribution is 1.21. The Morgan fingerprint density at radius 3 is 2.50 bits per heavy atom. The third kappa shape index (κ3) is 3.96. The molecule has 0 fully saturated rings. The highest BCUT2D eigenvalue weighted by Crippen LogP contribution is 2.16. The first-order valence-electron chi connectivity index (χ1n) is 4.47. The van der Waals surface area contributed by atoms with Crippen molar-refractivity contribution in [1.29, 1.82) is 0 Å². The van der Waals surface area contributed by atoms with Gasteiger partial charge in [0, 0.05) is 11.2 Å². The number of aliphatic imine (C=N–C) groups is 1. The van der Waals surface area contributed by atoms with E-state index in [1.54, 1.807) is 30.3 Å². The second-order valence-corrected chi connectivity index (χ2v) is 3.66. The summed E-state index contributed by atoms with van der Waals surface area (Å²) in [6.07, 6.45) is 2.78. The number of hydrogen-bond donors (Lipinski definition) is 2. The quantitative estimate of drug-likeness (QED) is 0.496. The fourth-order valence-corrected chi connectivity index (χ4v) is 1.17. The molecule has 0 atom stereocenters.